The third-order valence-electron chi connectivity index (χ3n) is 2.55. The summed E-state index contributed by atoms with van der Waals surface area (Å²) >= 11 is 11.7. The molecule has 0 aliphatic rings. The SMILES string of the molecule is CC(C)c1cccc(Cl)c1Oc1n[nH]c(Cl)cc1=O. The highest BCUT2D eigenvalue weighted by molar-refractivity contribution is 6.32. The van der Waals surface area contributed by atoms with Gasteiger partial charge in [-0.2, -0.15) is 0 Å². The maximum absolute atomic E-state index is 11.7. The smallest absolute Gasteiger partial charge is 0.285 e. The second-order valence-corrected chi connectivity index (χ2v) is 5.11. The lowest BCUT2D eigenvalue weighted by Crippen LogP contribution is -2.08. The van der Waals surface area contributed by atoms with Gasteiger partial charge in [-0.25, -0.2) is 0 Å². The number of nitrogens with one attached hydrogen (secondary N) is 1. The summed E-state index contributed by atoms with van der Waals surface area (Å²) in [5.74, 6) is 0.568. The fourth-order valence-electron chi connectivity index (χ4n) is 1.63. The van der Waals surface area contributed by atoms with E-state index < -0.39 is 5.43 Å². The Morgan fingerprint density at radius 1 is 1.32 bits per heavy atom. The van der Waals surface area contributed by atoms with Gasteiger partial charge in [0, 0.05) is 6.07 Å². The molecule has 1 N–H and O–H groups in total. The van der Waals surface area contributed by atoms with Crippen molar-refractivity contribution in [1.82, 2.24) is 10.2 Å². The molecule has 0 saturated carbocycles. The second kappa shape index (κ2) is 5.63. The Balaban J connectivity index is 2.46. The van der Waals surface area contributed by atoms with Crippen LogP contribution in [0.15, 0.2) is 29.1 Å². The predicted octanol–water partition coefficient (Wildman–Crippen LogP) is 3.99. The van der Waals surface area contributed by atoms with Crippen LogP contribution < -0.4 is 10.2 Å². The molecule has 4 nitrogen and oxygen atoms in total. The van der Waals surface area contributed by atoms with E-state index >= 15 is 0 Å². The van der Waals surface area contributed by atoms with Crippen LogP contribution in [0.4, 0.5) is 0 Å². The third-order valence-corrected chi connectivity index (χ3v) is 3.04. The van der Waals surface area contributed by atoms with Gasteiger partial charge in [0.25, 0.3) is 5.88 Å². The molecule has 0 aliphatic heterocycles. The van der Waals surface area contributed by atoms with E-state index in [1.54, 1.807) is 6.07 Å². The quantitative estimate of drug-likeness (QED) is 0.932. The van der Waals surface area contributed by atoms with E-state index in [1.165, 1.54) is 6.07 Å². The molecule has 19 heavy (non-hydrogen) atoms. The minimum atomic E-state index is -0.404. The van der Waals surface area contributed by atoms with Crippen LogP contribution in [0.5, 0.6) is 11.6 Å². The minimum Gasteiger partial charge on any atom is -0.433 e. The van der Waals surface area contributed by atoms with Crippen LogP contribution in [0.3, 0.4) is 0 Å². The van der Waals surface area contributed by atoms with Gasteiger partial charge in [-0.05, 0) is 17.5 Å². The van der Waals surface area contributed by atoms with Gasteiger partial charge >= 0.3 is 0 Å². The average Bonchev–Trinajstić information content (AvgIpc) is 2.34. The van der Waals surface area contributed by atoms with Crippen LogP contribution in [0.25, 0.3) is 0 Å². The van der Waals surface area contributed by atoms with Gasteiger partial charge in [-0.1, -0.05) is 49.2 Å². The van der Waals surface area contributed by atoms with E-state index in [-0.39, 0.29) is 17.0 Å². The van der Waals surface area contributed by atoms with Gasteiger partial charge in [-0.15, -0.1) is 5.10 Å². The van der Waals surface area contributed by atoms with Gasteiger partial charge in [0.2, 0.25) is 5.43 Å². The molecule has 2 rings (SSSR count). The van der Waals surface area contributed by atoms with Crippen LogP contribution in [-0.2, 0) is 0 Å². The van der Waals surface area contributed by atoms with Crippen molar-refractivity contribution in [3.8, 4) is 11.6 Å². The van der Waals surface area contributed by atoms with Crippen LogP contribution in [0, 0.1) is 0 Å². The normalized spacial score (nSPS) is 10.8. The number of para-hydroxylation sites is 1. The first kappa shape index (κ1) is 13.9. The van der Waals surface area contributed by atoms with Crippen molar-refractivity contribution in [3.05, 3.63) is 50.2 Å². The Kier molecular flexibility index (Phi) is 4.12. The van der Waals surface area contributed by atoms with E-state index in [1.807, 2.05) is 26.0 Å². The molecule has 0 fully saturated rings. The first-order valence-corrected chi connectivity index (χ1v) is 6.46. The summed E-state index contributed by atoms with van der Waals surface area (Å²) in [5, 5.41) is 6.83. The highest BCUT2D eigenvalue weighted by Crippen LogP contribution is 2.35. The molecular weight excluding hydrogens is 287 g/mol. The molecule has 2 aromatic rings. The third kappa shape index (κ3) is 3.08. The van der Waals surface area contributed by atoms with Gasteiger partial charge in [0.05, 0.1) is 5.02 Å². The summed E-state index contributed by atoms with van der Waals surface area (Å²) < 4.78 is 5.54. The Hall–Kier alpha value is -1.52. The lowest BCUT2D eigenvalue weighted by molar-refractivity contribution is 0.442. The molecular formula is C13H12Cl2N2O2. The number of aromatic amines is 1. The summed E-state index contributed by atoms with van der Waals surface area (Å²) in [6, 6.07) is 6.64. The highest BCUT2D eigenvalue weighted by Gasteiger charge is 2.14. The van der Waals surface area contributed by atoms with Crippen LogP contribution in [-0.4, -0.2) is 10.2 Å². The molecule has 0 bridgehead atoms. The first-order valence-electron chi connectivity index (χ1n) is 5.70. The van der Waals surface area contributed by atoms with Gasteiger partial charge in [0.15, 0.2) is 5.75 Å². The fourth-order valence-corrected chi connectivity index (χ4v) is 1.99. The molecule has 1 aromatic carbocycles. The van der Waals surface area contributed by atoms with E-state index in [2.05, 4.69) is 10.2 Å². The molecule has 0 aliphatic carbocycles. The molecule has 0 spiro atoms. The van der Waals surface area contributed by atoms with Crippen molar-refractivity contribution in [3.63, 3.8) is 0 Å². The number of H-pyrrole nitrogens is 1. The van der Waals surface area contributed by atoms with Crippen molar-refractivity contribution in [2.45, 2.75) is 19.8 Å². The van der Waals surface area contributed by atoms with E-state index in [9.17, 15) is 4.79 Å². The summed E-state index contributed by atoms with van der Waals surface area (Å²) in [5.41, 5.74) is 0.502. The fraction of sp³-hybridized carbons (Fsp3) is 0.231. The van der Waals surface area contributed by atoms with Gasteiger partial charge < -0.3 is 4.74 Å². The first-order chi connectivity index (χ1) is 8.99. The average molecular weight is 299 g/mol. The van der Waals surface area contributed by atoms with Gasteiger partial charge in [0.1, 0.15) is 5.15 Å². The zero-order valence-corrected chi connectivity index (χ0v) is 11.9. The van der Waals surface area contributed by atoms with E-state index in [0.29, 0.717) is 10.8 Å². The number of aromatic nitrogens is 2. The summed E-state index contributed by atoms with van der Waals surface area (Å²) in [7, 11) is 0. The molecule has 0 amide bonds. The summed E-state index contributed by atoms with van der Waals surface area (Å²) in [4.78, 5) is 11.7. The molecule has 6 heteroatoms. The zero-order chi connectivity index (χ0) is 14.0. The topological polar surface area (TPSA) is 55.0 Å². The molecule has 1 heterocycles. The van der Waals surface area contributed by atoms with Crippen molar-refractivity contribution >= 4 is 23.2 Å². The lowest BCUT2D eigenvalue weighted by Gasteiger charge is -2.13. The minimum absolute atomic E-state index is 0.0839. The number of rotatable bonds is 3. The number of benzene rings is 1. The second-order valence-electron chi connectivity index (χ2n) is 4.30. The number of halogens is 2. The van der Waals surface area contributed by atoms with Crippen molar-refractivity contribution in [2.75, 3.05) is 0 Å². The Labute approximate surface area is 120 Å². The Morgan fingerprint density at radius 3 is 2.68 bits per heavy atom. The molecule has 0 saturated heterocycles. The molecule has 100 valence electrons. The highest BCUT2D eigenvalue weighted by atomic mass is 35.5. The summed E-state index contributed by atoms with van der Waals surface area (Å²) in [6.45, 7) is 4.02. The Bertz CT molecular complexity index is 653. The number of nitrogens with zero attached hydrogens (tertiary/aromatic N) is 1. The molecule has 1 aromatic heterocycles. The Morgan fingerprint density at radius 2 is 2.05 bits per heavy atom. The standard InChI is InChI=1S/C13H12Cl2N2O2/c1-7(2)8-4-3-5-9(14)12(8)19-13-10(18)6-11(15)16-17-13/h3-7H,1-2H3,(H,16,18). The van der Waals surface area contributed by atoms with Crippen LogP contribution >= 0.6 is 23.2 Å². The van der Waals surface area contributed by atoms with Crippen LogP contribution in [0.2, 0.25) is 10.2 Å². The van der Waals surface area contributed by atoms with Crippen LogP contribution in [0.1, 0.15) is 25.3 Å². The van der Waals surface area contributed by atoms with E-state index in [0.717, 1.165) is 5.56 Å². The molecule has 0 radical (unpaired) electrons. The number of hydrogen-bond acceptors (Lipinski definition) is 3. The number of hydrogen-bond donors (Lipinski definition) is 1. The van der Waals surface area contributed by atoms with Crippen molar-refractivity contribution in [1.29, 1.82) is 0 Å². The van der Waals surface area contributed by atoms with Crippen molar-refractivity contribution in [2.24, 2.45) is 0 Å². The van der Waals surface area contributed by atoms with Gasteiger partial charge in [-0.3, -0.25) is 9.89 Å². The van der Waals surface area contributed by atoms with Crippen molar-refractivity contribution < 1.29 is 4.74 Å². The number of ether oxygens (including phenoxy) is 1. The molecule has 0 atom stereocenters. The molecule has 0 unspecified atom stereocenters. The lowest BCUT2D eigenvalue weighted by atomic mass is 10.0. The summed E-state index contributed by atoms with van der Waals surface area (Å²) in [6.07, 6.45) is 0. The predicted molar refractivity (Wildman–Crippen MR) is 75.5 cm³/mol. The largest absolute Gasteiger partial charge is 0.433 e. The maximum atomic E-state index is 11.7. The maximum Gasteiger partial charge on any atom is 0.285 e. The monoisotopic (exact) mass is 298 g/mol. The van der Waals surface area contributed by atoms with E-state index in [4.69, 9.17) is 27.9 Å². The zero-order valence-electron chi connectivity index (χ0n) is 10.4.